The van der Waals surface area contributed by atoms with Gasteiger partial charge in [0.15, 0.2) is 0 Å². The molecule has 0 radical (unpaired) electrons. The first-order chi connectivity index (χ1) is 5.34. The van der Waals surface area contributed by atoms with Crippen LogP contribution >= 0.6 is 0 Å². The third-order valence-electron chi connectivity index (χ3n) is 1.43. The molecule has 60 valence electrons. The van der Waals surface area contributed by atoms with Gasteiger partial charge in [-0.15, -0.1) is 0 Å². The third kappa shape index (κ3) is 2.18. The Labute approximate surface area is 65.4 Å². The van der Waals surface area contributed by atoms with Crippen LogP contribution in [-0.4, -0.2) is 10.8 Å². The summed E-state index contributed by atoms with van der Waals surface area (Å²) < 4.78 is 4.83. The summed E-state index contributed by atoms with van der Waals surface area (Å²) in [6.45, 7) is 2.04. The molecule has 0 N–H and O–H groups in total. The number of ketones is 1. The Morgan fingerprint density at radius 2 is 2.55 bits per heavy atom. The van der Waals surface area contributed by atoms with Crippen molar-refractivity contribution in [2.24, 2.45) is 0 Å². The van der Waals surface area contributed by atoms with Gasteiger partial charge < -0.3 is 4.42 Å². The van der Waals surface area contributed by atoms with Gasteiger partial charge in [0.05, 0.1) is 6.20 Å². The van der Waals surface area contributed by atoms with Crippen molar-refractivity contribution in [3.63, 3.8) is 0 Å². The molecule has 1 aromatic heterocycles. The molecule has 0 bridgehead atoms. The Balaban J connectivity index is 2.43. The summed E-state index contributed by atoms with van der Waals surface area (Å²) in [6, 6.07) is 0. The van der Waals surface area contributed by atoms with Crippen LogP contribution in [0.25, 0.3) is 0 Å². The van der Waals surface area contributed by atoms with Gasteiger partial charge in [-0.1, -0.05) is 13.3 Å². The Morgan fingerprint density at radius 1 is 1.73 bits per heavy atom. The normalized spacial score (nSPS) is 9.91. The summed E-state index contributed by atoms with van der Waals surface area (Å²) >= 11 is 0. The maximum atomic E-state index is 11.1. The summed E-state index contributed by atoms with van der Waals surface area (Å²) in [4.78, 5) is 14.9. The van der Waals surface area contributed by atoms with Crippen molar-refractivity contribution in [2.45, 2.75) is 26.2 Å². The lowest BCUT2D eigenvalue weighted by Crippen LogP contribution is -1.98. The predicted molar refractivity (Wildman–Crippen MR) is 40.4 cm³/mol. The maximum Gasteiger partial charge on any atom is 0.263 e. The van der Waals surface area contributed by atoms with Crippen LogP contribution in [0.4, 0.5) is 0 Å². The highest BCUT2D eigenvalue weighted by Crippen LogP contribution is 2.03. The molecule has 3 nitrogen and oxygen atoms in total. The van der Waals surface area contributed by atoms with E-state index in [1.54, 1.807) is 0 Å². The van der Waals surface area contributed by atoms with E-state index in [1.165, 1.54) is 12.5 Å². The maximum absolute atomic E-state index is 11.1. The summed E-state index contributed by atoms with van der Waals surface area (Å²) in [7, 11) is 0. The Kier molecular flexibility index (Phi) is 2.83. The van der Waals surface area contributed by atoms with Crippen LogP contribution in [-0.2, 0) is 0 Å². The topological polar surface area (TPSA) is 43.1 Å². The zero-order chi connectivity index (χ0) is 8.10. The molecule has 0 aromatic carbocycles. The van der Waals surface area contributed by atoms with E-state index in [0.29, 0.717) is 6.42 Å². The fourth-order valence-electron chi connectivity index (χ4n) is 0.805. The lowest BCUT2D eigenvalue weighted by Gasteiger charge is -1.91. The van der Waals surface area contributed by atoms with Crippen molar-refractivity contribution in [3.05, 3.63) is 18.4 Å². The van der Waals surface area contributed by atoms with Gasteiger partial charge in [0.25, 0.3) is 5.89 Å². The highest BCUT2D eigenvalue weighted by atomic mass is 16.3. The van der Waals surface area contributed by atoms with E-state index in [4.69, 9.17) is 4.42 Å². The van der Waals surface area contributed by atoms with Gasteiger partial charge in [-0.25, -0.2) is 4.98 Å². The molecule has 0 atom stereocenters. The lowest BCUT2D eigenvalue weighted by atomic mass is 10.2. The van der Waals surface area contributed by atoms with E-state index in [-0.39, 0.29) is 11.7 Å². The summed E-state index contributed by atoms with van der Waals surface area (Å²) in [6.07, 6.45) is 5.36. The summed E-state index contributed by atoms with van der Waals surface area (Å²) in [5.41, 5.74) is 0. The van der Waals surface area contributed by atoms with Crippen molar-refractivity contribution >= 4 is 5.78 Å². The van der Waals surface area contributed by atoms with Gasteiger partial charge in [-0.3, -0.25) is 4.79 Å². The van der Waals surface area contributed by atoms with Crippen LogP contribution in [0, 0.1) is 0 Å². The molecule has 0 aliphatic heterocycles. The highest BCUT2D eigenvalue weighted by molar-refractivity contribution is 5.91. The van der Waals surface area contributed by atoms with Crippen LogP contribution in [0.5, 0.6) is 0 Å². The number of carbonyl (C=O) groups excluding carboxylic acids is 1. The van der Waals surface area contributed by atoms with Crippen molar-refractivity contribution < 1.29 is 9.21 Å². The second-order valence-corrected chi connectivity index (χ2v) is 2.36. The molecule has 1 aromatic rings. The number of Topliss-reactive ketones (excluding diaryl/α,β-unsaturated/α-hetero) is 1. The van der Waals surface area contributed by atoms with E-state index in [2.05, 4.69) is 4.98 Å². The zero-order valence-electron chi connectivity index (χ0n) is 6.54. The fourth-order valence-corrected chi connectivity index (χ4v) is 0.805. The molecule has 0 aliphatic carbocycles. The number of aromatic nitrogens is 1. The third-order valence-corrected chi connectivity index (χ3v) is 1.43. The van der Waals surface area contributed by atoms with Crippen LogP contribution < -0.4 is 0 Å². The Hall–Kier alpha value is -1.12. The summed E-state index contributed by atoms with van der Waals surface area (Å²) in [5.74, 6) is 0.232. The highest BCUT2D eigenvalue weighted by Gasteiger charge is 2.08. The van der Waals surface area contributed by atoms with Gasteiger partial charge >= 0.3 is 0 Å². The number of unbranched alkanes of at least 4 members (excludes halogenated alkanes) is 1. The molecule has 11 heavy (non-hydrogen) atoms. The van der Waals surface area contributed by atoms with Crippen LogP contribution in [0.15, 0.2) is 16.9 Å². The predicted octanol–water partition coefficient (Wildman–Crippen LogP) is 2.05. The van der Waals surface area contributed by atoms with Gasteiger partial charge in [0.1, 0.15) is 6.26 Å². The second kappa shape index (κ2) is 3.91. The molecular weight excluding hydrogens is 142 g/mol. The Morgan fingerprint density at radius 3 is 3.09 bits per heavy atom. The lowest BCUT2D eigenvalue weighted by molar-refractivity contribution is 0.0946. The number of hydrogen-bond acceptors (Lipinski definition) is 3. The summed E-state index contributed by atoms with van der Waals surface area (Å²) in [5, 5.41) is 0. The fraction of sp³-hybridized carbons (Fsp3) is 0.500. The molecule has 0 saturated heterocycles. The molecule has 0 spiro atoms. The molecule has 3 heteroatoms. The van der Waals surface area contributed by atoms with E-state index in [0.717, 1.165) is 12.8 Å². The minimum Gasteiger partial charge on any atom is -0.442 e. The van der Waals surface area contributed by atoms with Crippen molar-refractivity contribution in [3.8, 4) is 0 Å². The standard InChI is InChI=1S/C8H11NO2/c1-2-3-4-7(10)8-9-5-6-11-8/h5-6H,2-4H2,1H3. The van der Waals surface area contributed by atoms with Gasteiger partial charge in [0.2, 0.25) is 5.78 Å². The molecule has 1 rings (SSSR count). The minimum absolute atomic E-state index is 0.00292. The average molecular weight is 153 g/mol. The second-order valence-electron chi connectivity index (χ2n) is 2.36. The molecule has 0 saturated carbocycles. The molecule has 1 heterocycles. The first kappa shape index (κ1) is 7.98. The smallest absolute Gasteiger partial charge is 0.263 e. The number of oxazole rings is 1. The number of hydrogen-bond donors (Lipinski definition) is 0. The molecule has 0 aliphatic rings. The monoisotopic (exact) mass is 153 g/mol. The number of nitrogens with zero attached hydrogens (tertiary/aromatic N) is 1. The van der Waals surface area contributed by atoms with Crippen molar-refractivity contribution in [1.29, 1.82) is 0 Å². The number of carbonyl (C=O) groups is 1. The number of rotatable bonds is 4. The zero-order valence-corrected chi connectivity index (χ0v) is 6.54. The SMILES string of the molecule is CCCCC(=O)c1ncco1. The average Bonchev–Trinajstić information content (AvgIpc) is 2.52. The largest absolute Gasteiger partial charge is 0.442 e. The minimum atomic E-state index is -0.00292. The van der Waals surface area contributed by atoms with Crippen LogP contribution in [0.1, 0.15) is 36.9 Å². The van der Waals surface area contributed by atoms with Crippen molar-refractivity contribution in [1.82, 2.24) is 4.98 Å². The molecule has 0 fully saturated rings. The van der Waals surface area contributed by atoms with E-state index < -0.39 is 0 Å². The quantitative estimate of drug-likeness (QED) is 0.622. The molecular formula is C8H11NO2. The van der Waals surface area contributed by atoms with E-state index in [9.17, 15) is 4.79 Å². The molecule has 0 amide bonds. The van der Waals surface area contributed by atoms with Gasteiger partial charge in [-0.05, 0) is 6.42 Å². The van der Waals surface area contributed by atoms with E-state index in [1.807, 2.05) is 6.92 Å². The van der Waals surface area contributed by atoms with Gasteiger partial charge in [0, 0.05) is 6.42 Å². The van der Waals surface area contributed by atoms with Crippen LogP contribution in [0.2, 0.25) is 0 Å². The van der Waals surface area contributed by atoms with Crippen molar-refractivity contribution in [2.75, 3.05) is 0 Å². The first-order valence-electron chi connectivity index (χ1n) is 3.77. The van der Waals surface area contributed by atoms with Crippen LogP contribution in [0.3, 0.4) is 0 Å². The Bertz CT molecular complexity index is 216. The molecule has 0 unspecified atom stereocenters. The van der Waals surface area contributed by atoms with Gasteiger partial charge in [-0.2, -0.15) is 0 Å². The first-order valence-corrected chi connectivity index (χ1v) is 3.77. The van der Waals surface area contributed by atoms with E-state index >= 15 is 0 Å².